The molecule has 1 atom stereocenters. The van der Waals surface area contributed by atoms with Crippen molar-refractivity contribution in [1.29, 1.82) is 0 Å². The normalized spacial score (nSPS) is 17.8. The number of aromatic nitrogens is 2. The van der Waals surface area contributed by atoms with Crippen LogP contribution in [0.5, 0.6) is 5.75 Å². The van der Waals surface area contributed by atoms with Crippen molar-refractivity contribution in [3.63, 3.8) is 0 Å². The van der Waals surface area contributed by atoms with Gasteiger partial charge in [0.25, 0.3) is 5.91 Å². The molecule has 2 aliphatic rings. The number of anilines is 3. The van der Waals surface area contributed by atoms with Crippen LogP contribution in [0.1, 0.15) is 18.4 Å². The van der Waals surface area contributed by atoms with Crippen molar-refractivity contribution >= 4 is 35.0 Å². The monoisotopic (exact) mass is 397 g/mol. The van der Waals surface area contributed by atoms with Crippen molar-refractivity contribution in [2.45, 2.75) is 19.3 Å². The zero-order valence-electron chi connectivity index (χ0n) is 15.1. The van der Waals surface area contributed by atoms with Gasteiger partial charge in [-0.15, -0.1) is 0 Å². The molecule has 0 saturated heterocycles. The summed E-state index contributed by atoms with van der Waals surface area (Å²) in [4.78, 5) is 19.9. The minimum absolute atomic E-state index is 0.152. The fourth-order valence-corrected chi connectivity index (χ4v) is 3.46. The first-order chi connectivity index (χ1) is 13.6. The largest absolute Gasteiger partial charge is 0.484 e. The minimum atomic E-state index is -0.504. The number of fused-ring (bicyclic) bond motifs is 6. The van der Waals surface area contributed by atoms with Crippen LogP contribution in [-0.2, 0) is 11.2 Å². The van der Waals surface area contributed by atoms with Gasteiger partial charge in [0.05, 0.1) is 6.20 Å². The third kappa shape index (κ3) is 4.26. The van der Waals surface area contributed by atoms with Crippen LogP contribution in [0.4, 0.5) is 17.5 Å². The standard InChI is InChI=1S/C20H20ClN5O2/c21-16-10-23-20-25-14-3-1-2-12(8-14)4-5-13-9-15(24-19(16)26-20)6-7-17(13)28-11-18(22)27/h1-3,6-7,9-10,12H,4-5,8,11H2,(H2,22,27)(H2,23,24,25,26). The van der Waals surface area contributed by atoms with Crippen molar-refractivity contribution in [2.24, 2.45) is 11.7 Å². The van der Waals surface area contributed by atoms with Crippen molar-refractivity contribution in [3.05, 3.63) is 58.9 Å². The Balaban J connectivity index is 1.72. The molecule has 28 heavy (non-hydrogen) atoms. The average Bonchev–Trinajstić information content (AvgIpc) is 2.68. The molecule has 4 N–H and O–H groups in total. The van der Waals surface area contributed by atoms with Gasteiger partial charge in [0.15, 0.2) is 12.4 Å². The van der Waals surface area contributed by atoms with Crippen molar-refractivity contribution in [3.8, 4) is 5.75 Å². The van der Waals surface area contributed by atoms with Crippen LogP contribution in [0.2, 0.25) is 5.02 Å². The van der Waals surface area contributed by atoms with Crippen LogP contribution in [-0.4, -0.2) is 22.5 Å². The van der Waals surface area contributed by atoms with E-state index in [-0.39, 0.29) is 6.61 Å². The van der Waals surface area contributed by atoms with Crippen molar-refractivity contribution in [2.75, 3.05) is 17.2 Å². The van der Waals surface area contributed by atoms with Gasteiger partial charge in [-0.2, -0.15) is 4.98 Å². The van der Waals surface area contributed by atoms with Crippen LogP contribution in [0.25, 0.3) is 0 Å². The minimum Gasteiger partial charge on any atom is -0.484 e. The fourth-order valence-electron chi connectivity index (χ4n) is 3.32. The number of carbonyl (C=O) groups excluding carboxylic acids is 1. The van der Waals surface area contributed by atoms with Crippen molar-refractivity contribution < 1.29 is 9.53 Å². The number of hydrogen-bond donors (Lipinski definition) is 3. The highest BCUT2D eigenvalue weighted by Gasteiger charge is 2.17. The summed E-state index contributed by atoms with van der Waals surface area (Å²) in [6.07, 6.45) is 10.4. The molecule has 1 unspecified atom stereocenters. The molecule has 8 heteroatoms. The highest BCUT2D eigenvalue weighted by atomic mass is 35.5. The number of benzene rings is 1. The van der Waals surface area contributed by atoms with Gasteiger partial charge >= 0.3 is 0 Å². The molecule has 0 saturated carbocycles. The number of amides is 1. The molecule has 0 fully saturated rings. The summed E-state index contributed by atoms with van der Waals surface area (Å²) in [6.45, 7) is -0.152. The van der Waals surface area contributed by atoms with E-state index in [1.807, 2.05) is 30.4 Å². The molecule has 1 aromatic carbocycles. The smallest absolute Gasteiger partial charge is 0.255 e. The zero-order valence-corrected chi connectivity index (χ0v) is 15.9. The molecule has 2 heterocycles. The molecule has 1 amide bonds. The Labute approximate surface area is 167 Å². The van der Waals surface area contributed by atoms with Gasteiger partial charge in [-0.05, 0) is 55.0 Å². The lowest BCUT2D eigenvalue weighted by Crippen LogP contribution is -2.20. The van der Waals surface area contributed by atoms with Crippen LogP contribution < -0.4 is 21.1 Å². The molecular weight excluding hydrogens is 378 g/mol. The predicted molar refractivity (Wildman–Crippen MR) is 109 cm³/mol. The molecule has 1 aromatic heterocycles. The Morgan fingerprint density at radius 3 is 3.11 bits per heavy atom. The van der Waals surface area contributed by atoms with E-state index in [0.29, 0.717) is 28.5 Å². The van der Waals surface area contributed by atoms with E-state index in [9.17, 15) is 4.79 Å². The third-order valence-corrected chi connectivity index (χ3v) is 4.93. The number of primary amides is 1. The van der Waals surface area contributed by atoms with E-state index in [1.54, 1.807) is 6.20 Å². The molecule has 2 aromatic rings. The molecule has 144 valence electrons. The number of carbonyl (C=O) groups is 1. The van der Waals surface area contributed by atoms with E-state index in [1.165, 1.54) is 0 Å². The summed E-state index contributed by atoms with van der Waals surface area (Å²) in [7, 11) is 0. The Hall–Kier alpha value is -3.06. The van der Waals surface area contributed by atoms with Crippen LogP contribution in [0, 0.1) is 5.92 Å². The highest BCUT2D eigenvalue weighted by molar-refractivity contribution is 6.32. The number of hydrogen-bond acceptors (Lipinski definition) is 6. The van der Waals surface area contributed by atoms with E-state index < -0.39 is 5.91 Å². The maximum atomic E-state index is 11.1. The summed E-state index contributed by atoms with van der Waals surface area (Å²) < 4.78 is 5.60. The topological polar surface area (TPSA) is 102 Å². The number of ether oxygens (including phenoxy) is 1. The van der Waals surface area contributed by atoms with Gasteiger partial charge < -0.3 is 21.1 Å². The second kappa shape index (κ2) is 7.90. The van der Waals surface area contributed by atoms with Gasteiger partial charge in [0.2, 0.25) is 5.95 Å². The van der Waals surface area contributed by atoms with E-state index in [2.05, 4.69) is 26.7 Å². The number of rotatable bonds is 3. The molecule has 7 nitrogen and oxygen atoms in total. The molecule has 0 radical (unpaired) electrons. The summed E-state index contributed by atoms with van der Waals surface area (Å²) in [5.41, 5.74) is 8.09. The third-order valence-electron chi connectivity index (χ3n) is 4.66. The molecule has 4 rings (SSSR count). The molecule has 6 bridgehead atoms. The van der Waals surface area contributed by atoms with Gasteiger partial charge in [-0.3, -0.25) is 4.79 Å². The molecule has 1 aliphatic heterocycles. The summed E-state index contributed by atoms with van der Waals surface area (Å²) in [5.74, 6) is 1.53. The zero-order chi connectivity index (χ0) is 19.5. The Bertz CT molecular complexity index is 973. The number of aryl methyl sites for hydroxylation is 1. The van der Waals surface area contributed by atoms with Crippen molar-refractivity contribution in [1.82, 2.24) is 9.97 Å². The van der Waals surface area contributed by atoms with E-state index in [0.717, 1.165) is 36.2 Å². The molecular formula is C20H20ClN5O2. The van der Waals surface area contributed by atoms with E-state index in [4.69, 9.17) is 22.1 Å². The first-order valence-corrected chi connectivity index (χ1v) is 9.42. The Morgan fingerprint density at radius 2 is 2.25 bits per heavy atom. The van der Waals surface area contributed by atoms with Gasteiger partial charge in [0.1, 0.15) is 10.8 Å². The first-order valence-electron chi connectivity index (χ1n) is 9.05. The summed E-state index contributed by atoms with van der Waals surface area (Å²) in [5, 5.41) is 6.94. The number of nitrogens with one attached hydrogen (secondary N) is 2. The van der Waals surface area contributed by atoms with Gasteiger partial charge in [-0.1, -0.05) is 23.8 Å². The average molecular weight is 398 g/mol. The maximum Gasteiger partial charge on any atom is 0.255 e. The second-order valence-electron chi connectivity index (χ2n) is 6.80. The highest BCUT2D eigenvalue weighted by Crippen LogP contribution is 2.32. The second-order valence-corrected chi connectivity index (χ2v) is 7.20. The van der Waals surface area contributed by atoms with Crippen LogP contribution in [0.15, 0.2) is 48.3 Å². The summed E-state index contributed by atoms with van der Waals surface area (Å²) >= 11 is 6.27. The van der Waals surface area contributed by atoms with Gasteiger partial charge in [0, 0.05) is 11.4 Å². The molecule has 1 aliphatic carbocycles. The molecule has 0 spiro atoms. The lowest BCUT2D eigenvalue weighted by atomic mass is 9.91. The quantitative estimate of drug-likeness (QED) is 0.731. The SMILES string of the molecule is NC(=O)COc1ccc2cc1CCC1C=CC=C(C1)Nc1ncc(Cl)c(n1)N2. The lowest BCUT2D eigenvalue weighted by molar-refractivity contribution is -0.119. The number of allylic oxidation sites excluding steroid dienone is 4. The van der Waals surface area contributed by atoms with Crippen LogP contribution >= 0.6 is 11.6 Å². The summed E-state index contributed by atoms with van der Waals surface area (Å²) in [6, 6.07) is 5.67. The maximum absolute atomic E-state index is 11.1. The lowest BCUT2D eigenvalue weighted by Gasteiger charge is -2.19. The van der Waals surface area contributed by atoms with E-state index >= 15 is 0 Å². The Kier molecular flexibility index (Phi) is 5.16. The number of halogens is 1. The van der Waals surface area contributed by atoms with Crippen LogP contribution in [0.3, 0.4) is 0 Å². The fraction of sp³-hybridized carbons (Fsp3) is 0.250. The van der Waals surface area contributed by atoms with Gasteiger partial charge in [-0.25, -0.2) is 4.98 Å². The predicted octanol–water partition coefficient (Wildman–Crippen LogP) is 3.56. The first kappa shape index (κ1) is 18.3. The Morgan fingerprint density at radius 1 is 1.36 bits per heavy atom. The number of nitrogens with zero attached hydrogens (tertiary/aromatic N) is 2. The number of nitrogens with two attached hydrogens (primary N) is 1.